The van der Waals surface area contributed by atoms with Crippen molar-refractivity contribution in [1.82, 2.24) is 15.2 Å². The van der Waals surface area contributed by atoms with E-state index < -0.39 is 0 Å². The predicted molar refractivity (Wildman–Crippen MR) is 172 cm³/mol. The number of benzene rings is 2. The molecule has 2 aliphatic heterocycles. The van der Waals surface area contributed by atoms with Crippen molar-refractivity contribution >= 4 is 56.5 Å². The minimum atomic E-state index is -0.373. The van der Waals surface area contributed by atoms with Crippen LogP contribution >= 0.6 is 11.3 Å². The Bertz CT molecular complexity index is 1900. The minimum absolute atomic E-state index is 0.139. The lowest BCUT2D eigenvalue weighted by Gasteiger charge is -2.32. The van der Waals surface area contributed by atoms with E-state index in [2.05, 4.69) is 21.7 Å². The number of thiophene rings is 1. The van der Waals surface area contributed by atoms with Crippen LogP contribution in [0.4, 0.5) is 21.9 Å². The zero-order chi connectivity index (χ0) is 31.1. The van der Waals surface area contributed by atoms with Crippen LogP contribution in [0.2, 0.25) is 0 Å². The van der Waals surface area contributed by atoms with Gasteiger partial charge in [0.1, 0.15) is 32.8 Å². The average molecular weight is 619 g/mol. The smallest absolute Gasteiger partial charge is 0.331 e. The Kier molecular flexibility index (Phi) is 7.43. The topological polar surface area (TPSA) is 128 Å². The van der Waals surface area contributed by atoms with Crippen molar-refractivity contribution in [3.05, 3.63) is 82.9 Å². The number of pyridine rings is 1. The van der Waals surface area contributed by atoms with Gasteiger partial charge in [-0.05, 0) is 80.5 Å². The summed E-state index contributed by atoms with van der Waals surface area (Å²) in [7, 11) is 0. The molecule has 1 saturated carbocycles. The molecule has 2 aromatic carbocycles. The third-order valence-corrected chi connectivity index (χ3v) is 9.43. The average Bonchev–Trinajstić information content (AvgIpc) is 3.80. The molecule has 226 valence electrons. The highest BCUT2D eigenvalue weighted by Crippen LogP contribution is 2.46. The zero-order valence-corrected chi connectivity index (χ0v) is 25.4. The number of hydrogen-bond acceptors (Lipinski definition) is 7. The number of nitrogens with one attached hydrogen (secondary N) is 2. The number of para-hydroxylation sites is 1. The Hall–Kier alpha value is -5.21. The standard InChI is InChI=1S/C34H30N6O4S/c1-20-17-25(44-24-5-3-2-4-6-24)9-10-26(20)40-27-11-14-36-32-28(27)29(38-34(40)43)30(45-32)31(41)37-23-12-15-39(16-13-23)33(42)22(19-35)18-21-7-8-21/h2-6,9-11,14,17-18,21,23H,7-8,12-13,15-16H2,1H3,(H,37,41)(H,38,43)/b22-18+. The van der Waals surface area contributed by atoms with Gasteiger partial charge in [-0.2, -0.15) is 5.26 Å². The van der Waals surface area contributed by atoms with Crippen LogP contribution in [-0.4, -0.2) is 46.9 Å². The number of carbonyl (C=O) groups is 3. The van der Waals surface area contributed by atoms with E-state index >= 15 is 0 Å². The fourth-order valence-electron chi connectivity index (χ4n) is 5.85. The molecule has 4 aromatic rings. The summed E-state index contributed by atoms with van der Waals surface area (Å²) in [6.45, 7) is 2.83. The molecule has 45 heavy (non-hydrogen) atoms. The quantitative estimate of drug-likeness (QED) is 0.176. The molecular weight excluding hydrogens is 588 g/mol. The van der Waals surface area contributed by atoms with Crippen LogP contribution in [0.3, 0.4) is 0 Å². The molecule has 2 fully saturated rings. The van der Waals surface area contributed by atoms with Crippen molar-refractivity contribution in [3.8, 4) is 17.6 Å². The fourth-order valence-corrected chi connectivity index (χ4v) is 6.88. The highest BCUT2D eigenvalue weighted by atomic mass is 32.1. The van der Waals surface area contributed by atoms with Crippen molar-refractivity contribution in [2.75, 3.05) is 23.3 Å². The Balaban J connectivity index is 1.08. The predicted octanol–water partition coefficient (Wildman–Crippen LogP) is 6.66. The van der Waals surface area contributed by atoms with Gasteiger partial charge in [-0.25, -0.2) is 9.78 Å². The fraction of sp³-hybridized carbons (Fsp3) is 0.265. The van der Waals surface area contributed by atoms with Crippen LogP contribution in [-0.2, 0) is 4.79 Å². The number of carbonyl (C=O) groups excluding carboxylic acids is 3. The summed E-state index contributed by atoms with van der Waals surface area (Å²) in [4.78, 5) is 48.8. The number of rotatable bonds is 7. The lowest BCUT2D eigenvalue weighted by atomic mass is 10.0. The first-order valence-electron chi connectivity index (χ1n) is 15.0. The van der Waals surface area contributed by atoms with Crippen LogP contribution in [0, 0.1) is 24.2 Å². The number of hydrogen-bond donors (Lipinski definition) is 2. The SMILES string of the molecule is Cc1cc(Oc2ccccc2)ccc1N1C(=O)Nc2c(C(=O)NC3CCN(C(=O)/C(C#N)=C/C4CC4)CC3)sc3nccc1c23. The Labute approximate surface area is 263 Å². The molecule has 1 aliphatic carbocycles. The summed E-state index contributed by atoms with van der Waals surface area (Å²) >= 11 is 1.24. The largest absolute Gasteiger partial charge is 0.457 e. The molecule has 2 aromatic heterocycles. The van der Waals surface area contributed by atoms with Crippen molar-refractivity contribution < 1.29 is 19.1 Å². The Morgan fingerprint density at radius 2 is 1.84 bits per heavy atom. The first kappa shape index (κ1) is 28.6. The highest BCUT2D eigenvalue weighted by Gasteiger charge is 2.34. The molecule has 10 nitrogen and oxygen atoms in total. The Morgan fingerprint density at radius 1 is 1.07 bits per heavy atom. The molecule has 2 N–H and O–H groups in total. The molecule has 3 aliphatic rings. The van der Waals surface area contributed by atoms with E-state index in [1.165, 1.54) is 11.3 Å². The van der Waals surface area contributed by atoms with Gasteiger partial charge in [0.15, 0.2) is 0 Å². The van der Waals surface area contributed by atoms with Crippen molar-refractivity contribution in [1.29, 1.82) is 5.26 Å². The van der Waals surface area contributed by atoms with Gasteiger partial charge in [0.2, 0.25) is 0 Å². The van der Waals surface area contributed by atoms with Gasteiger partial charge in [-0.3, -0.25) is 14.5 Å². The second-order valence-electron chi connectivity index (χ2n) is 11.5. The van der Waals surface area contributed by atoms with E-state index in [1.807, 2.05) is 55.5 Å². The molecule has 0 unspecified atom stereocenters. The van der Waals surface area contributed by atoms with E-state index in [0.29, 0.717) is 69.8 Å². The molecule has 4 heterocycles. The number of allylic oxidation sites excluding steroid dienone is 1. The molecule has 0 radical (unpaired) electrons. The first-order valence-corrected chi connectivity index (χ1v) is 15.8. The summed E-state index contributed by atoms with van der Waals surface area (Å²) < 4.78 is 5.98. The summed E-state index contributed by atoms with van der Waals surface area (Å²) in [6, 6.07) is 18.4. The van der Waals surface area contributed by atoms with Gasteiger partial charge in [0.25, 0.3) is 11.8 Å². The molecule has 0 atom stereocenters. The van der Waals surface area contributed by atoms with Crippen LogP contribution in [0.5, 0.6) is 11.5 Å². The van der Waals surface area contributed by atoms with Gasteiger partial charge in [-0.1, -0.05) is 24.3 Å². The third-order valence-electron chi connectivity index (χ3n) is 8.33. The van der Waals surface area contributed by atoms with Crippen LogP contribution in [0.15, 0.2) is 72.4 Å². The number of nitriles is 1. The maximum absolute atomic E-state index is 13.6. The number of ether oxygens (including phenoxy) is 1. The summed E-state index contributed by atoms with van der Waals surface area (Å²) in [6.07, 6.45) is 6.64. The van der Waals surface area contributed by atoms with Crippen LogP contribution < -0.4 is 20.3 Å². The van der Waals surface area contributed by atoms with E-state index in [-0.39, 0.29) is 29.5 Å². The number of piperidine rings is 1. The van der Waals surface area contributed by atoms with Gasteiger partial charge in [0, 0.05) is 25.3 Å². The molecule has 0 spiro atoms. The molecule has 1 saturated heterocycles. The number of likely N-dealkylation sites (tertiary alicyclic amines) is 1. The second kappa shape index (κ2) is 11.7. The summed E-state index contributed by atoms with van der Waals surface area (Å²) in [5, 5.41) is 16.2. The number of aryl methyl sites for hydroxylation is 1. The third kappa shape index (κ3) is 5.60. The van der Waals surface area contributed by atoms with Gasteiger partial charge < -0.3 is 20.3 Å². The number of aromatic nitrogens is 1. The van der Waals surface area contributed by atoms with Gasteiger partial charge >= 0.3 is 6.03 Å². The molecule has 7 rings (SSSR count). The molecular formula is C34H30N6O4S. The molecule has 0 bridgehead atoms. The Morgan fingerprint density at radius 3 is 2.56 bits per heavy atom. The number of anilines is 3. The van der Waals surface area contributed by atoms with Crippen LogP contribution in [0.25, 0.3) is 10.2 Å². The van der Waals surface area contributed by atoms with Crippen molar-refractivity contribution in [2.45, 2.75) is 38.6 Å². The molecule has 11 heteroatoms. The van der Waals surface area contributed by atoms with Crippen molar-refractivity contribution in [3.63, 3.8) is 0 Å². The van der Waals surface area contributed by atoms with Gasteiger partial charge in [0.05, 0.1) is 22.4 Å². The lowest BCUT2D eigenvalue weighted by molar-refractivity contribution is -0.127. The van der Waals surface area contributed by atoms with E-state index in [1.54, 1.807) is 28.1 Å². The van der Waals surface area contributed by atoms with E-state index in [0.717, 1.165) is 24.2 Å². The maximum Gasteiger partial charge on any atom is 0.331 e. The van der Waals surface area contributed by atoms with Crippen molar-refractivity contribution in [2.24, 2.45) is 5.92 Å². The van der Waals surface area contributed by atoms with Crippen LogP contribution in [0.1, 0.15) is 40.9 Å². The molecule has 4 amide bonds. The minimum Gasteiger partial charge on any atom is -0.457 e. The van der Waals surface area contributed by atoms with Gasteiger partial charge in [-0.15, -0.1) is 11.3 Å². The number of nitrogens with zero attached hydrogens (tertiary/aromatic N) is 4. The first-order chi connectivity index (χ1) is 21.9. The monoisotopic (exact) mass is 618 g/mol. The lowest BCUT2D eigenvalue weighted by Crippen LogP contribution is -2.47. The highest BCUT2D eigenvalue weighted by molar-refractivity contribution is 7.21. The summed E-state index contributed by atoms with van der Waals surface area (Å²) in [5.74, 6) is 1.20. The summed E-state index contributed by atoms with van der Waals surface area (Å²) in [5.41, 5.74) is 2.85. The zero-order valence-electron chi connectivity index (χ0n) is 24.6. The normalized spacial score (nSPS) is 16.7. The van der Waals surface area contributed by atoms with E-state index in [4.69, 9.17) is 4.74 Å². The number of amides is 4. The second-order valence-corrected chi connectivity index (χ2v) is 12.5. The van der Waals surface area contributed by atoms with E-state index in [9.17, 15) is 19.6 Å². The maximum atomic E-state index is 13.6. The number of urea groups is 1.